The average molecular weight is 412 g/mol. The van der Waals surface area contributed by atoms with E-state index in [9.17, 15) is 26.7 Å². The number of anilines is 1. The van der Waals surface area contributed by atoms with Crippen LogP contribution in [0.1, 0.15) is 11.1 Å². The number of amides is 2. The third-order valence-electron chi connectivity index (χ3n) is 3.41. The van der Waals surface area contributed by atoms with Crippen molar-refractivity contribution in [3.63, 3.8) is 0 Å². The summed E-state index contributed by atoms with van der Waals surface area (Å²) in [5.41, 5.74) is 1.16. The quantitative estimate of drug-likeness (QED) is 0.418. The lowest BCUT2D eigenvalue weighted by Crippen LogP contribution is -2.31. The van der Waals surface area contributed by atoms with Crippen LogP contribution in [-0.4, -0.2) is 24.5 Å². The molecule has 2 rings (SSSR count). The third-order valence-corrected chi connectivity index (χ3v) is 3.41. The molecule has 2 N–H and O–H groups in total. The molecule has 0 saturated carbocycles. The zero-order chi connectivity index (χ0) is 21.4. The molecule has 0 spiro atoms. The molecule has 0 aliphatic carbocycles. The van der Waals surface area contributed by atoms with Gasteiger partial charge in [0.1, 0.15) is 11.5 Å². The summed E-state index contributed by atoms with van der Waals surface area (Å²) < 4.78 is 67.7. The van der Waals surface area contributed by atoms with Crippen molar-refractivity contribution in [2.24, 2.45) is 5.10 Å². The van der Waals surface area contributed by atoms with Gasteiger partial charge in [-0.25, -0.2) is 10.2 Å². The first-order valence-corrected chi connectivity index (χ1v) is 7.92. The van der Waals surface area contributed by atoms with E-state index in [4.69, 9.17) is 5.26 Å². The van der Waals surface area contributed by atoms with Gasteiger partial charge in [0, 0.05) is 12.1 Å². The van der Waals surface area contributed by atoms with E-state index in [2.05, 4.69) is 15.2 Å². The van der Waals surface area contributed by atoms with E-state index < -0.39 is 31.0 Å². The Balaban J connectivity index is 2.02. The van der Waals surface area contributed by atoms with Crippen LogP contribution < -0.4 is 15.5 Å². The van der Waals surface area contributed by atoms with Gasteiger partial charge in [0.25, 0.3) is 0 Å². The van der Waals surface area contributed by atoms with Gasteiger partial charge in [-0.1, -0.05) is 12.1 Å². The van der Waals surface area contributed by atoms with Crippen molar-refractivity contribution in [3.05, 3.63) is 59.7 Å². The van der Waals surface area contributed by atoms with Crippen molar-refractivity contribution in [1.82, 2.24) is 5.43 Å². The number of alkyl halides is 5. The molecule has 29 heavy (non-hydrogen) atoms. The third kappa shape index (κ3) is 7.10. The first-order valence-electron chi connectivity index (χ1n) is 7.92. The molecule has 0 unspecified atom stereocenters. The number of halogens is 5. The number of hydrazone groups is 1. The Hall–Kier alpha value is -3.68. The van der Waals surface area contributed by atoms with Crippen molar-refractivity contribution < 1.29 is 31.5 Å². The van der Waals surface area contributed by atoms with Crippen LogP contribution in [0.25, 0.3) is 0 Å². The maximum absolute atomic E-state index is 13.1. The van der Waals surface area contributed by atoms with Gasteiger partial charge in [-0.05, 0) is 42.0 Å². The Kier molecular flexibility index (Phi) is 7.08. The second-order valence-corrected chi connectivity index (χ2v) is 5.51. The first-order chi connectivity index (χ1) is 13.7. The number of nitriles is 1. The molecule has 2 aromatic carbocycles. The van der Waals surface area contributed by atoms with Gasteiger partial charge in [0.2, 0.25) is 0 Å². The lowest BCUT2D eigenvalue weighted by atomic mass is 10.1. The largest absolute Gasteiger partial charge is 0.435 e. The normalized spacial score (nSPS) is 11.7. The molecule has 0 bridgehead atoms. The van der Waals surface area contributed by atoms with E-state index >= 15 is 0 Å². The highest BCUT2D eigenvalue weighted by atomic mass is 19.4. The Morgan fingerprint density at radius 2 is 1.72 bits per heavy atom. The standard InChI is InChI=1S/C18H13F5N4O2/c19-16(20)29-14-7-5-13(6-8-14)25-17(28)27-26-15(18(21,22)23)9-11-1-3-12(10-24)4-2-11/h1-8,16H,9H2,(H2,25,27,28)/b26-15+. The summed E-state index contributed by atoms with van der Waals surface area (Å²) >= 11 is 0. The van der Waals surface area contributed by atoms with Crippen LogP contribution >= 0.6 is 0 Å². The van der Waals surface area contributed by atoms with E-state index in [0.717, 1.165) is 12.1 Å². The molecule has 0 saturated heterocycles. The molecule has 0 heterocycles. The molecule has 0 atom stereocenters. The highest BCUT2D eigenvalue weighted by molar-refractivity contribution is 5.94. The predicted molar refractivity (Wildman–Crippen MR) is 93.6 cm³/mol. The number of benzene rings is 2. The number of carbonyl (C=O) groups excluding carboxylic acids is 1. The van der Waals surface area contributed by atoms with Crippen LogP contribution in [0.2, 0.25) is 0 Å². The summed E-state index contributed by atoms with van der Waals surface area (Å²) in [4.78, 5) is 11.8. The van der Waals surface area contributed by atoms with Crippen molar-refractivity contribution in [3.8, 4) is 11.8 Å². The van der Waals surface area contributed by atoms with Crippen LogP contribution in [0.3, 0.4) is 0 Å². The molecular formula is C18H13F5N4O2. The minimum atomic E-state index is -4.80. The number of hydrogen-bond acceptors (Lipinski definition) is 4. The second kappa shape index (κ2) is 9.50. The molecule has 0 radical (unpaired) electrons. The van der Waals surface area contributed by atoms with Crippen molar-refractivity contribution in [1.29, 1.82) is 5.26 Å². The maximum Gasteiger partial charge on any atom is 0.431 e. The number of rotatable bonds is 6. The van der Waals surface area contributed by atoms with E-state index in [1.807, 2.05) is 6.07 Å². The van der Waals surface area contributed by atoms with Crippen molar-refractivity contribution in [2.75, 3.05) is 5.32 Å². The lowest BCUT2D eigenvalue weighted by Gasteiger charge is -2.11. The highest BCUT2D eigenvalue weighted by Crippen LogP contribution is 2.21. The molecule has 2 aromatic rings. The average Bonchev–Trinajstić information content (AvgIpc) is 2.66. The molecule has 2 amide bonds. The molecule has 0 aliphatic rings. The number of urea groups is 1. The second-order valence-electron chi connectivity index (χ2n) is 5.51. The molecule has 0 fully saturated rings. The van der Waals surface area contributed by atoms with Crippen molar-refractivity contribution >= 4 is 17.4 Å². The van der Waals surface area contributed by atoms with Crippen LogP contribution in [0.5, 0.6) is 5.75 Å². The van der Waals surface area contributed by atoms with E-state index in [0.29, 0.717) is 5.56 Å². The smallest absolute Gasteiger partial charge is 0.431 e. The van der Waals surface area contributed by atoms with Gasteiger partial charge >= 0.3 is 18.8 Å². The summed E-state index contributed by atoms with van der Waals surface area (Å²) in [6.45, 7) is -3.01. The highest BCUT2D eigenvalue weighted by Gasteiger charge is 2.36. The zero-order valence-corrected chi connectivity index (χ0v) is 14.5. The zero-order valence-electron chi connectivity index (χ0n) is 14.5. The van der Waals surface area contributed by atoms with Crippen LogP contribution in [0.4, 0.5) is 32.4 Å². The molecule has 0 aliphatic heterocycles. The van der Waals surface area contributed by atoms with Gasteiger partial charge < -0.3 is 10.1 Å². The summed E-state index contributed by atoms with van der Waals surface area (Å²) in [5.74, 6) is -0.147. The van der Waals surface area contributed by atoms with Crippen molar-refractivity contribution in [2.45, 2.75) is 19.2 Å². The van der Waals surface area contributed by atoms with Gasteiger partial charge in [0.05, 0.1) is 11.6 Å². The summed E-state index contributed by atoms with van der Waals surface area (Å²) in [6, 6.07) is 11.0. The van der Waals surface area contributed by atoms with Gasteiger partial charge in [-0.15, -0.1) is 0 Å². The van der Waals surface area contributed by atoms with E-state index in [-0.39, 0.29) is 17.0 Å². The Labute approximate surface area is 161 Å². The Morgan fingerprint density at radius 3 is 2.24 bits per heavy atom. The van der Waals surface area contributed by atoms with Gasteiger partial charge in [-0.3, -0.25) is 0 Å². The fraction of sp³-hybridized carbons (Fsp3) is 0.167. The van der Waals surface area contributed by atoms with E-state index in [1.54, 1.807) is 5.43 Å². The van der Waals surface area contributed by atoms with Crippen LogP contribution in [0.15, 0.2) is 53.6 Å². The molecular weight excluding hydrogens is 399 g/mol. The fourth-order valence-corrected chi connectivity index (χ4v) is 2.09. The van der Waals surface area contributed by atoms with Gasteiger partial charge in [0.15, 0.2) is 0 Å². The molecule has 6 nitrogen and oxygen atoms in total. The number of nitrogens with zero attached hydrogens (tertiary/aromatic N) is 2. The van der Waals surface area contributed by atoms with Crippen LogP contribution in [-0.2, 0) is 6.42 Å². The number of hydrogen-bond donors (Lipinski definition) is 2. The number of carbonyl (C=O) groups is 1. The minimum Gasteiger partial charge on any atom is -0.435 e. The molecule has 152 valence electrons. The fourth-order valence-electron chi connectivity index (χ4n) is 2.09. The molecule has 0 aromatic heterocycles. The maximum atomic E-state index is 13.1. The molecule has 11 heteroatoms. The lowest BCUT2D eigenvalue weighted by molar-refractivity contribution is -0.0605. The SMILES string of the molecule is N#Cc1ccc(C/C(=N\NC(=O)Nc2ccc(OC(F)F)cc2)C(F)(F)F)cc1. The summed E-state index contributed by atoms with van der Waals surface area (Å²) in [6.07, 6.45) is -5.41. The van der Waals surface area contributed by atoms with Crippen LogP contribution in [0, 0.1) is 11.3 Å². The summed E-state index contributed by atoms with van der Waals surface area (Å²) in [5, 5.41) is 14.0. The topological polar surface area (TPSA) is 86.5 Å². The van der Waals surface area contributed by atoms with E-state index in [1.165, 1.54) is 36.4 Å². The Bertz CT molecular complexity index is 904. The minimum absolute atomic E-state index is 0.125. The van der Waals surface area contributed by atoms with Gasteiger partial charge in [-0.2, -0.15) is 32.3 Å². The summed E-state index contributed by atoms with van der Waals surface area (Å²) in [7, 11) is 0. The first kappa shape index (κ1) is 21.6. The Morgan fingerprint density at radius 1 is 1.10 bits per heavy atom. The monoisotopic (exact) mass is 412 g/mol. The number of nitrogens with one attached hydrogen (secondary N) is 2. The predicted octanol–water partition coefficient (Wildman–Crippen LogP) is 4.44. The number of ether oxygens (including phenoxy) is 1.